The number of aliphatic carboxylic acids is 2. The first-order chi connectivity index (χ1) is 16.4. The van der Waals surface area contributed by atoms with E-state index in [1.807, 2.05) is 0 Å². The first kappa shape index (κ1) is 29.4. The fraction of sp³-hybridized carbons (Fsp3) is 0.429. The standard InChI is InChI=1S/C21H29N5O8S/c22-12(8-11-4-2-1-3-5-11)18(30)26-15(10-35)20(32)25-14(9-16(23)27)19(31)24-13(21(33)34)6-7-17(28)29/h1-5,12-15,35H,6-10,22H2,(H2,23,27)(H,24,31)(H,25,32)(H,26,30)(H,28,29)(H,33,34). The van der Waals surface area contributed by atoms with Crippen molar-refractivity contribution in [1.82, 2.24) is 16.0 Å². The Bertz CT molecular complexity index is 930. The molecule has 0 aromatic heterocycles. The van der Waals surface area contributed by atoms with Gasteiger partial charge in [-0.25, -0.2) is 4.79 Å². The summed E-state index contributed by atoms with van der Waals surface area (Å²) < 4.78 is 0. The summed E-state index contributed by atoms with van der Waals surface area (Å²) in [6.07, 6.45) is -1.44. The summed E-state index contributed by atoms with van der Waals surface area (Å²) >= 11 is 4.03. The molecule has 1 rings (SSSR count). The molecular formula is C21H29N5O8S. The number of nitrogens with two attached hydrogens (primary N) is 2. The number of rotatable bonds is 15. The molecule has 0 fully saturated rings. The van der Waals surface area contributed by atoms with Crippen LogP contribution in [-0.4, -0.2) is 75.7 Å². The first-order valence-corrected chi connectivity index (χ1v) is 11.1. The molecule has 14 heteroatoms. The third kappa shape index (κ3) is 10.9. The number of benzene rings is 1. The number of primary amides is 1. The van der Waals surface area contributed by atoms with Gasteiger partial charge in [-0.3, -0.25) is 24.0 Å². The Hall–Kier alpha value is -3.65. The van der Waals surface area contributed by atoms with Crippen LogP contribution in [0.15, 0.2) is 30.3 Å². The van der Waals surface area contributed by atoms with E-state index in [1.54, 1.807) is 30.3 Å². The van der Waals surface area contributed by atoms with Gasteiger partial charge in [-0.1, -0.05) is 30.3 Å². The molecule has 13 nitrogen and oxygen atoms in total. The molecule has 0 bridgehead atoms. The van der Waals surface area contributed by atoms with E-state index in [9.17, 15) is 33.9 Å². The number of carbonyl (C=O) groups is 6. The topological polar surface area (TPSA) is 231 Å². The Labute approximate surface area is 206 Å². The maximum atomic E-state index is 12.7. The van der Waals surface area contributed by atoms with Gasteiger partial charge in [0, 0.05) is 12.2 Å². The highest BCUT2D eigenvalue weighted by molar-refractivity contribution is 7.80. The molecule has 0 spiro atoms. The fourth-order valence-electron chi connectivity index (χ4n) is 2.91. The van der Waals surface area contributed by atoms with E-state index in [-0.39, 0.29) is 12.2 Å². The van der Waals surface area contributed by atoms with Crippen LogP contribution < -0.4 is 27.4 Å². The molecule has 0 saturated heterocycles. The van der Waals surface area contributed by atoms with Gasteiger partial charge in [0.25, 0.3) is 0 Å². The van der Waals surface area contributed by atoms with Gasteiger partial charge in [-0.05, 0) is 18.4 Å². The van der Waals surface area contributed by atoms with Crippen LogP contribution in [0.25, 0.3) is 0 Å². The quantitative estimate of drug-likeness (QED) is 0.119. The van der Waals surface area contributed by atoms with Crippen molar-refractivity contribution < 1.29 is 39.0 Å². The van der Waals surface area contributed by atoms with Crippen LogP contribution >= 0.6 is 12.6 Å². The van der Waals surface area contributed by atoms with Gasteiger partial charge in [-0.15, -0.1) is 0 Å². The first-order valence-electron chi connectivity index (χ1n) is 10.5. The van der Waals surface area contributed by atoms with Gasteiger partial charge in [-0.2, -0.15) is 12.6 Å². The van der Waals surface area contributed by atoms with Crippen molar-refractivity contribution in [3.05, 3.63) is 35.9 Å². The van der Waals surface area contributed by atoms with Crippen molar-refractivity contribution in [3.8, 4) is 0 Å². The summed E-state index contributed by atoms with van der Waals surface area (Å²) in [5, 5.41) is 24.7. The molecule has 1 aromatic carbocycles. The third-order valence-electron chi connectivity index (χ3n) is 4.75. The molecule has 0 aliphatic carbocycles. The molecule has 9 N–H and O–H groups in total. The number of carbonyl (C=O) groups excluding carboxylic acids is 4. The average molecular weight is 512 g/mol. The van der Waals surface area contributed by atoms with Gasteiger partial charge in [0.1, 0.15) is 18.1 Å². The Morgan fingerprint density at radius 2 is 1.40 bits per heavy atom. The maximum Gasteiger partial charge on any atom is 0.326 e. The normalized spacial score (nSPS) is 14.0. The Kier molecular flexibility index (Phi) is 12.2. The van der Waals surface area contributed by atoms with Crippen molar-refractivity contribution in [3.63, 3.8) is 0 Å². The van der Waals surface area contributed by atoms with Crippen molar-refractivity contribution in [1.29, 1.82) is 0 Å². The highest BCUT2D eigenvalue weighted by Crippen LogP contribution is 2.04. The molecule has 4 atom stereocenters. The summed E-state index contributed by atoms with van der Waals surface area (Å²) in [7, 11) is 0. The molecule has 192 valence electrons. The SMILES string of the molecule is NC(=O)CC(NC(=O)C(CS)NC(=O)C(N)Cc1ccccc1)C(=O)NC(CCC(=O)O)C(=O)O. The van der Waals surface area contributed by atoms with E-state index in [0.717, 1.165) is 5.56 Å². The van der Waals surface area contributed by atoms with Crippen molar-refractivity contribution in [2.24, 2.45) is 11.5 Å². The zero-order valence-electron chi connectivity index (χ0n) is 18.7. The van der Waals surface area contributed by atoms with Gasteiger partial charge in [0.2, 0.25) is 23.6 Å². The maximum absolute atomic E-state index is 12.7. The van der Waals surface area contributed by atoms with Crippen LogP contribution in [-0.2, 0) is 35.2 Å². The van der Waals surface area contributed by atoms with E-state index < -0.39 is 79.0 Å². The van der Waals surface area contributed by atoms with E-state index in [0.29, 0.717) is 0 Å². The number of carboxylic acids is 2. The minimum atomic E-state index is -1.58. The fourth-order valence-corrected chi connectivity index (χ4v) is 3.17. The number of amides is 4. The lowest BCUT2D eigenvalue weighted by molar-refractivity contribution is -0.143. The molecule has 1 aromatic rings. The molecule has 0 aliphatic rings. The number of hydrogen-bond donors (Lipinski definition) is 8. The monoisotopic (exact) mass is 511 g/mol. The predicted octanol–water partition coefficient (Wildman–Crippen LogP) is -2.23. The molecule has 0 saturated carbocycles. The summed E-state index contributed by atoms with van der Waals surface area (Å²) in [6.45, 7) is 0. The number of carboxylic acid groups (broad SMARTS) is 2. The summed E-state index contributed by atoms with van der Waals surface area (Å²) in [4.78, 5) is 71.1. The van der Waals surface area contributed by atoms with Crippen molar-refractivity contribution in [2.75, 3.05) is 5.75 Å². The van der Waals surface area contributed by atoms with Gasteiger partial charge in [0.15, 0.2) is 0 Å². The minimum absolute atomic E-state index is 0.184. The smallest absolute Gasteiger partial charge is 0.326 e. The lowest BCUT2D eigenvalue weighted by Crippen LogP contribution is -2.58. The zero-order valence-corrected chi connectivity index (χ0v) is 19.6. The van der Waals surface area contributed by atoms with Crippen LogP contribution in [0.2, 0.25) is 0 Å². The second-order valence-electron chi connectivity index (χ2n) is 7.60. The highest BCUT2D eigenvalue weighted by atomic mass is 32.1. The molecule has 0 radical (unpaired) electrons. The minimum Gasteiger partial charge on any atom is -0.481 e. The highest BCUT2D eigenvalue weighted by Gasteiger charge is 2.31. The van der Waals surface area contributed by atoms with E-state index in [4.69, 9.17) is 16.6 Å². The van der Waals surface area contributed by atoms with Crippen LogP contribution in [0.5, 0.6) is 0 Å². The van der Waals surface area contributed by atoms with E-state index >= 15 is 0 Å². The summed E-state index contributed by atoms with van der Waals surface area (Å²) in [5.74, 6) is -6.55. The van der Waals surface area contributed by atoms with Gasteiger partial charge >= 0.3 is 11.9 Å². The molecule has 35 heavy (non-hydrogen) atoms. The lowest BCUT2D eigenvalue weighted by Gasteiger charge is -2.24. The van der Waals surface area contributed by atoms with Crippen LogP contribution in [0.1, 0.15) is 24.8 Å². The molecule has 4 unspecified atom stereocenters. The van der Waals surface area contributed by atoms with Crippen LogP contribution in [0, 0.1) is 0 Å². The second kappa shape index (κ2) is 14.6. The predicted molar refractivity (Wildman–Crippen MR) is 126 cm³/mol. The summed E-state index contributed by atoms with van der Waals surface area (Å²) in [6, 6.07) is 3.55. The van der Waals surface area contributed by atoms with Crippen molar-refractivity contribution >= 4 is 48.2 Å². The Morgan fingerprint density at radius 1 is 0.857 bits per heavy atom. The zero-order chi connectivity index (χ0) is 26.5. The number of thiol groups is 1. The number of nitrogens with one attached hydrogen (secondary N) is 3. The van der Waals surface area contributed by atoms with E-state index in [2.05, 4.69) is 28.6 Å². The van der Waals surface area contributed by atoms with Crippen LogP contribution in [0.4, 0.5) is 0 Å². The Balaban J connectivity index is 2.84. The van der Waals surface area contributed by atoms with Gasteiger partial charge in [0.05, 0.1) is 12.5 Å². The molecule has 0 aliphatic heterocycles. The number of hydrogen-bond acceptors (Lipinski definition) is 8. The molecule has 0 heterocycles. The average Bonchev–Trinajstić information content (AvgIpc) is 2.79. The van der Waals surface area contributed by atoms with Crippen LogP contribution in [0.3, 0.4) is 0 Å². The second-order valence-corrected chi connectivity index (χ2v) is 7.97. The van der Waals surface area contributed by atoms with Gasteiger partial charge < -0.3 is 37.6 Å². The summed E-state index contributed by atoms with van der Waals surface area (Å²) in [5.41, 5.74) is 11.8. The molecule has 4 amide bonds. The largest absolute Gasteiger partial charge is 0.481 e. The third-order valence-corrected chi connectivity index (χ3v) is 5.12. The van der Waals surface area contributed by atoms with Crippen molar-refractivity contribution in [2.45, 2.75) is 49.9 Å². The Morgan fingerprint density at radius 3 is 1.91 bits per heavy atom. The molecular weight excluding hydrogens is 482 g/mol. The van der Waals surface area contributed by atoms with E-state index in [1.165, 1.54) is 0 Å². The lowest BCUT2D eigenvalue weighted by atomic mass is 10.1.